The molecule has 13 rings (SSSR count). The van der Waals surface area contributed by atoms with Crippen LogP contribution in [0.3, 0.4) is 0 Å². The van der Waals surface area contributed by atoms with Crippen molar-refractivity contribution in [2.75, 3.05) is 0 Å². The normalized spacial score (nSPS) is 12.4. The van der Waals surface area contributed by atoms with Gasteiger partial charge in [0, 0.05) is 64.6 Å². The molecule has 5 heterocycles. The maximum absolute atomic E-state index is 5.25. The Morgan fingerprint density at radius 1 is 0.436 bits per heavy atom. The van der Waals surface area contributed by atoms with Crippen LogP contribution in [0, 0.1) is 0 Å². The monoisotopic (exact) mass is 716 g/mol. The summed E-state index contributed by atoms with van der Waals surface area (Å²) in [6.45, 7) is 0. The molecule has 0 aliphatic rings. The molecule has 254 valence electrons. The van der Waals surface area contributed by atoms with Crippen LogP contribution >= 0.6 is 11.3 Å². The van der Waals surface area contributed by atoms with E-state index in [0.717, 1.165) is 38.5 Å². The van der Waals surface area contributed by atoms with Gasteiger partial charge in [-0.05, 0) is 41.8 Å². The van der Waals surface area contributed by atoms with Crippen molar-refractivity contribution in [1.29, 1.82) is 0 Å². The largest absolute Gasteiger partial charge is 0.309 e. The summed E-state index contributed by atoms with van der Waals surface area (Å²) in [6, 6.07) is 61.5. The molecule has 0 radical (unpaired) electrons. The van der Waals surface area contributed by atoms with E-state index < -0.39 is 0 Å². The van der Waals surface area contributed by atoms with Gasteiger partial charge in [-0.3, -0.25) is 0 Å². The predicted molar refractivity (Wildman–Crippen MR) is 232 cm³/mol. The van der Waals surface area contributed by atoms with Crippen LogP contribution in [0.15, 0.2) is 170 Å². The Morgan fingerprint density at radius 3 is 2.00 bits per heavy atom. The lowest BCUT2D eigenvalue weighted by molar-refractivity contribution is 1.18. The Morgan fingerprint density at radius 2 is 1.15 bits per heavy atom. The second-order valence-corrected chi connectivity index (χ2v) is 15.6. The molecule has 4 nitrogen and oxygen atoms in total. The molecule has 13 aromatic rings. The van der Waals surface area contributed by atoms with Gasteiger partial charge in [-0.15, -0.1) is 11.3 Å². The minimum atomic E-state index is 0.743. The zero-order chi connectivity index (χ0) is 35.8. The first kappa shape index (κ1) is 29.4. The highest BCUT2D eigenvalue weighted by Gasteiger charge is 2.25. The number of thiophene rings is 1. The number of aromatic nitrogens is 4. The van der Waals surface area contributed by atoms with Crippen LogP contribution in [0.25, 0.3) is 119 Å². The molecule has 0 N–H and O–H groups in total. The summed E-state index contributed by atoms with van der Waals surface area (Å²) < 4.78 is 7.31. The van der Waals surface area contributed by atoms with E-state index in [2.05, 4.69) is 161 Å². The highest BCUT2D eigenvalue weighted by Crippen LogP contribution is 2.48. The summed E-state index contributed by atoms with van der Waals surface area (Å²) in [6.07, 6.45) is 0. The average Bonchev–Trinajstić information content (AvgIpc) is 3.99. The third-order valence-electron chi connectivity index (χ3n) is 11.6. The van der Waals surface area contributed by atoms with Gasteiger partial charge in [-0.25, -0.2) is 9.97 Å². The number of fused-ring (bicyclic) bond motifs is 15. The fourth-order valence-corrected chi connectivity index (χ4v) is 10.5. The summed E-state index contributed by atoms with van der Waals surface area (Å²) in [4.78, 5) is 10.4. The lowest BCUT2D eigenvalue weighted by atomic mass is 10.00. The van der Waals surface area contributed by atoms with Crippen LogP contribution < -0.4 is 0 Å². The van der Waals surface area contributed by atoms with Gasteiger partial charge in [0.05, 0.1) is 43.5 Å². The molecule has 0 aliphatic heterocycles. The summed E-state index contributed by atoms with van der Waals surface area (Å²) in [5.41, 5.74) is 11.4. The van der Waals surface area contributed by atoms with Crippen molar-refractivity contribution in [3.63, 3.8) is 0 Å². The average molecular weight is 717 g/mol. The van der Waals surface area contributed by atoms with Crippen molar-refractivity contribution in [3.8, 4) is 28.3 Å². The number of rotatable bonds is 3. The van der Waals surface area contributed by atoms with Gasteiger partial charge in [0.2, 0.25) is 0 Å². The van der Waals surface area contributed by atoms with E-state index >= 15 is 0 Å². The topological polar surface area (TPSA) is 35.1 Å². The Labute approximate surface area is 318 Å². The van der Waals surface area contributed by atoms with Gasteiger partial charge in [-0.2, -0.15) is 0 Å². The molecule has 0 saturated heterocycles. The number of nitrogens with zero attached hydrogens (tertiary/aromatic N) is 4. The van der Waals surface area contributed by atoms with Crippen molar-refractivity contribution in [2.24, 2.45) is 0 Å². The number of para-hydroxylation sites is 2. The van der Waals surface area contributed by atoms with E-state index in [-0.39, 0.29) is 0 Å². The Hall–Kier alpha value is -7.08. The summed E-state index contributed by atoms with van der Waals surface area (Å²) in [5.74, 6) is 0.743. The van der Waals surface area contributed by atoms with Crippen LogP contribution in [0.1, 0.15) is 0 Å². The Balaban J connectivity index is 1.10. The number of hydrogen-bond donors (Lipinski definition) is 0. The molecule has 0 spiro atoms. The highest BCUT2D eigenvalue weighted by atomic mass is 32.1. The first-order valence-electron chi connectivity index (χ1n) is 18.7. The first-order valence-corrected chi connectivity index (χ1v) is 19.5. The second kappa shape index (κ2) is 10.8. The van der Waals surface area contributed by atoms with E-state index in [1.165, 1.54) is 80.8 Å². The van der Waals surface area contributed by atoms with Crippen molar-refractivity contribution in [3.05, 3.63) is 170 Å². The van der Waals surface area contributed by atoms with Crippen LogP contribution in [-0.4, -0.2) is 18.9 Å². The quantitative estimate of drug-likeness (QED) is 0.182. The van der Waals surface area contributed by atoms with Crippen LogP contribution in [0.4, 0.5) is 0 Å². The van der Waals surface area contributed by atoms with Crippen molar-refractivity contribution in [2.45, 2.75) is 0 Å². The van der Waals surface area contributed by atoms with E-state index in [1.807, 2.05) is 18.2 Å². The van der Waals surface area contributed by atoms with Crippen LogP contribution in [0.2, 0.25) is 0 Å². The fourth-order valence-electron chi connectivity index (χ4n) is 9.31. The summed E-state index contributed by atoms with van der Waals surface area (Å²) in [7, 11) is 0. The number of hydrogen-bond acceptors (Lipinski definition) is 3. The van der Waals surface area contributed by atoms with Gasteiger partial charge in [-0.1, -0.05) is 133 Å². The predicted octanol–water partition coefficient (Wildman–Crippen LogP) is 13.6. The molecule has 5 heteroatoms. The summed E-state index contributed by atoms with van der Waals surface area (Å²) in [5, 5.41) is 11.4. The van der Waals surface area contributed by atoms with Crippen LogP contribution in [0.5, 0.6) is 0 Å². The lowest BCUT2D eigenvalue weighted by Gasteiger charge is -2.11. The van der Waals surface area contributed by atoms with Crippen LogP contribution in [-0.2, 0) is 0 Å². The smallest absolute Gasteiger partial charge is 0.160 e. The minimum absolute atomic E-state index is 0.743. The zero-order valence-corrected chi connectivity index (χ0v) is 30.2. The molecule has 5 aromatic heterocycles. The van der Waals surface area contributed by atoms with Crippen molar-refractivity contribution in [1.82, 2.24) is 18.9 Å². The van der Waals surface area contributed by atoms with E-state index in [1.54, 1.807) is 11.3 Å². The highest BCUT2D eigenvalue weighted by molar-refractivity contribution is 7.26. The fraction of sp³-hybridized carbons (Fsp3) is 0. The third kappa shape index (κ3) is 3.89. The van der Waals surface area contributed by atoms with Crippen molar-refractivity contribution >= 4 is 102 Å². The van der Waals surface area contributed by atoms with Gasteiger partial charge in [0.1, 0.15) is 0 Å². The first-order chi connectivity index (χ1) is 27.3. The molecule has 55 heavy (non-hydrogen) atoms. The van der Waals surface area contributed by atoms with E-state index in [0.29, 0.717) is 0 Å². The maximum atomic E-state index is 5.25. The van der Waals surface area contributed by atoms with E-state index in [4.69, 9.17) is 9.97 Å². The lowest BCUT2D eigenvalue weighted by Crippen LogP contribution is -1.96. The van der Waals surface area contributed by atoms with Crippen molar-refractivity contribution < 1.29 is 0 Å². The number of benzene rings is 8. The molecule has 8 aromatic carbocycles. The standard InChI is InChI=1S/C50H28N4S/c1-2-13-31(14-3-1)50-51-45(49-46(52-50)36-18-8-11-21-42(36)55-49)30-22-25-32(26-23-30)53-40-20-10-7-17-35(40)43-41(53)28-38-34-16-6-9-19-39(34)54-47-33-15-5-4-12-29(33)24-27-37(47)44(43)48(38)54/h1-28H. The molecule has 0 aliphatic carbocycles. The maximum Gasteiger partial charge on any atom is 0.160 e. The SMILES string of the molecule is c1ccc(-c2nc(-c3ccc(-n4c5ccccc5c5c6c7ccc8ccccc8c7n7c8ccccc8c(cc54)c67)cc3)c3sc4ccccc4c3n2)cc1. The van der Waals surface area contributed by atoms with Gasteiger partial charge >= 0.3 is 0 Å². The Bertz CT molecular complexity index is 3700. The molecular formula is C50H28N4S. The molecular weight excluding hydrogens is 689 g/mol. The summed E-state index contributed by atoms with van der Waals surface area (Å²) >= 11 is 1.77. The van der Waals surface area contributed by atoms with Gasteiger partial charge in [0.25, 0.3) is 0 Å². The van der Waals surface area contributed by atoms with E-state index in [9.17, 15) is 0 Å². The zero-order valence-electron chi connectivity index (χ0n) is 29.4. The molecule has 0 atom stereocenters. The second-order valence-electron chi connectivity index (χ2n) is 14.5. The molecule has 0 amide bonds. The molecule has 0 fully saturated rings. The van der Waals surface area contributed by atoms with Gasteiger partial charge < -0.3 is 8.97 Å². The molecule has 0 bridgehead atoms. The molecule has 0 saturated carbocycles. The minimum Gasteiger partial charge on any atom is -0.309 e. The molecule has 0 unspecified atom stereocenters. The Kier molecular flexibility index (Phi) is 5.74. The third-order valence-corrected chi connectivity index (χ3v) is 12.8. The van der Waals surface area contributed by atoms with Gasteiger partial charge in [0.15, 0.2) is 5.82 Å².